The Morgan fingerprint density at radius 2 is 1.73 bits per heavy atom. The van der Waals surface area contributed by atoms with E-state index >= 15 is 0 Å². The Hall–Kier alpha value is -3.78. The number of nitrogens with one attached hydrogen (secondary N) is 1. The molecule has 8 nitrogen and oxygen atoms in total. The molecule has 0 saturated carbocycles. The number of nitrogens with zero attached hydrogens (tertiary/aromatic N) is 4. The number of aromatic nitrogens is 3. The predicted molar refractivity (Wildman–Crippen MR) is 123 cm³/mol. The van der Waals surface area contributed by atoms with E-state index in [9.17, 15) is 35.2 Å². The highest BCUT2D eigenvalue weighted by molar-refractivity contribution is 7.73. The molecule has 2 atom stereocenters. The van der Waals surface area contributed by atoms with Crippen LogP contribution in [0.3, 0.4) is 0 Å². The van der Waals surface area contributed by atoms with Gasteiger partial charge in [0, 0.05) is 41.7 Å². The zero-order valence-corrected chi connectivity index (χ0v) is 19.8. The van der Waals surface area contributed by atoms with E-state index in [1.54, 1.807) is 6.92 Å². The summed E-state index contributed by atoms with van der Waals surface area (Å²) in [5, 5.41) is 2.89. The molecule has 0 radical (unpaired) electrons. The van der Waals surface area contributed by atoms with Crippen LogP contribution in [-0.4, -0.2) is 46.2 Å². The van der Waals surface area contributed by atoms with Crippen molar-refractivity contribution in [2.24, 2.45) is 0 Å². The molecule has 3 aromatic rings. The second-order valence-corrected chi connectivity index (χ2v) is 9.25. The van der Waals surface area contributed by atoms with Gasteiger partial charge in [0.05, 0.1) is 23.3 Å². The van der Waals surface area contributed by atoms with Crippen LogP contribution < -0.4 is 10.2 Å². The number of hydrogen-bond donors (Lipinski definition) is 1. The zero-order valence-electron chi connectivity index (χ0n) is 19.0. The smallest absolute Gasteiger partial charge is 0.306 e. The first kappa shape index (κ1) is 26.3. The number of carbonyl (C=O) groups is 1. The van der Waals surface area contributed by atoms with E-state index in [1.807, 2.05) is 0 Å². The van der Waals surface area contributed by atoms with Gasteiger partial charge in [-0.05, 0) is 37.3 Å². The molecule has 0 aliphatic carbocycles. The highest BCUT2D eigenvalue weighted by Gasteiger charge is 2.37. The molecule has 1 fully saturated rings. The van der Waals surface area contributed by atoms with E-state index < -0.39 is 52.4 Å². The Morgan fingerprint density at radius 3 is 2.32 bits per heavy atom. The topological polar surface area (TPSA) is 105 Å². The maximum Gasteiger partial charge on any atom is 0.451 e. The highest BCUT2D eigenvalue weighted by atomic mass is 32.2. The molecule has 4 rings (SSSR count). The number of amides is 1. The van der Waals surface area contributed by atoms with Crippen LogP contribution >= 0.6 is 0 Å². The summed E-state index contributed by atoms with van der Waals surface area (Å²) in [6.07, 6.45) is -2.04. The van der Waals surface area contributed by atoms with Crippen molar-refractivity contribution >= 4 is 26.8 Å². The summed E-state index contributed by atoms with van der Waals surface area (Å²) in [4.78, 5) is 24.9. The van der Waals surface area contributed by atoms with Crippen LogP contribution in [0.25, 0.3) is 11.3 Å². The number of benzene rings is 1. The van der Waals surface area contributed by atoms with E-state index in [0.29, 0.717) is 0 Å². The van der Waals surface area contributed by atoms with Gasteiger partial charge in [0.2, 0.25) is 22.0 Å². The molecular formula is C23H18F5N5O3S. The summed E-state index contributed by atoms with van der Waals surface area (Å²) in [7, 11) is -2.66. The molecule has 14 heteroatoms. The van der Waals surface area contributed by atoms with Gasteiger partial charge in [-0.3, -0.25) is 15.1 Å². The minimum Gasteiger partial charge on any atom is -0.306 e. The van der Waals surface area contributed by atoms with Gasteiger partial charge < -0.3 is 4.90 Å². The maximum absolute atomic E-state index is 14.8. The molecule has 37 heavy (non-hydrogen) atoms. The van der Waals surface area contributed by atoms with Gasteiger partial charge in [-0.25, -0.2) is 18.7 Å². The van der Waals surface area contributed by atoms with Crippen molar-refractivity contribution in [3.63, 3.8) is 0 Å². The molecule has 0 bridgehead atoms. The van der Waals surface area contributed by atoms with Crippen molar-refractivity contribution in [3.05, 3.63) is 71.9 Å². The average molecular weight is 539 g/mol. The van der Waals surface area contributed by atoms with E-state index in [0.717, 1.165) is 35.6 Å². The fraction of sp³-hybridized carbons (Fsp3) is 0.261. The lowest BCUT2D eigenvalue weighted by molar-refractivity contribution is -0.145. The van der Waals surface area contributed by atoms with Gasteiger partial charge in [0.1, 0.15) is 17.7 Å². The molecule has 0 unspecified atom stereocenters. The van der Waals surface area contributed by atoms with Gasteiger partial charge in [-0.15, -0.1) is 0 Å². The maximum atomic E-state index is 14.8. The first-order valence-electron chi connectivity index (χ1n) is 10.8. The number of hydrogen-bond acceptors (Lipinski definition) is 7. The minimum atomic E-state index is -4.74. The van der Waals surface area contributed by atoms with Crippen LogP contribution in [0, 0.1) is 11.6 Å². The van der Waals surface area contributed by atoms with Crippen LogP contribution in [0.1, 0.15) is 24.7 Å². The fourth-order valence-electron chi connectivity index (χ4n) is 3.84. The third-order valence-electron chi connectivity index (χ3n) is 5.61. The molecule has 1 amide bonds. The molecule has 0 spiro atoms. The summed E-state index contributed by atoms with van der Waals surface area (Å²) in [5.41, 5.74) is 0.188. The average Bonchev–Trinajstić information content (AvgIpc) is 3.25. The highest BCUT2D eigenvalue weighted by Crippen LogP contribution is 2.28. The lowest BCUT2D eigenvalue weighted by Gasteiger charge is -2.26. The molecule has 2 aromatic heterocycles. The molecule has 1 aliphatic heterocycles. The Balaban J connectivity index is 1.72. The SMILES string of the molecule is C[C@H]1CC(=S(=O)=O)[C@H](C(=O)N(Cc2cc(-c3cnc(C(F)(F)F)nc3)ncc2F)c2ccc(F)cc2)N1. The first-order valence-corrected chi connectivity index (χ1v) is 11.8. The van der Waals surface area contributed by atoms with Crippen LogP contribution in [0.15, 0.2) is 48.9 Å². The van der Waals surface area contributed by atoms with Crippen molar-refractivity contribution < 1.29 is 35.2 Å². The van der Waals surface area contributed by atoms with Crippen molar-refractivity contribution in [2.45, 2.75) is 38.1 Å². The van der Waals surface area contributed by atoms with Crippen molar-refractivity contribution in [3.8, 4) is 11.3 Å². The molecular weight excluding hydrogens is 521 g/mol. The van der Waals surface area contributed by atoms with Crippen LogP contribution in [0.2, 0.25) is 0 Å². The lowest BCUT2D eigenvalue weighted by atomic mass is 10.1. The number of rotatable bonds is 5. The van der Waals surface area contributed by atoms with Crippen LogP contribution in [0.4, 0.5) is 27.6 Å². The standard InChI is InChI=1S/C23H18F5N5O3S/c1-12-6-19(37(35)36)20(32-12)21(34)33(16-4-2-15(24)3-5-16)11-13-7-18(29-10-17(13)25)14-8-30-22(31-9-14)23(26,27)28/h2-5,7-10,12,20,32H,6,11H2,1H3/t12-,20+/m0/s1. The summed E-state index contributed by atoms with van der Waals surface area (Å²) < 4.78 is 90.1. The minimum absolute atomic E-state index is 0.0390. The Bertz CT molecular complexity index is 1450. The lowest BCUT2D eigenvalue weighted by Crippen LogP contribution is -2.47. The zero-order chi connectivity index (χ0) is 26.9. The third kappa shape index (κ3) is 5.80. The second-order valence-electron chi connectivity index (χ2n) is 8.26. The third-order valence-corrected chi connectivity index (χ3v) is 6.44. The Labute approximate surface area is 208 Å². The van der Waals surface area contributed by atoms with Crippen molar-refractivity contribution in [1.82, 2.24) is 20.3 Å². The predicted octanol–water partition coefficient (Wildman–Crippen LogP) is 3.17. The molecule has 194 valence electrons. The van der Waals surface area contributed by atoms with E-state index in [-0.39, 0.29) is 39.8 Å². The Kier molecular flexibility index (Phi) is 7.32. The number of pyridine rings is 1. The Morgan fingerprint density at radius 1 is 1.08 bits per heavy atom. The van der Waals surface area contributed by atoms with Crippen molar-refractivity contribution in [2.75, 3.05) is 4.90 Å². The van der Waals surface area contributed by atoms with Gasteiger partial charge >= 0.3 is 6.18 Å². The largest absolute Gasteiger partial charge is 0.451 e. The van der Waals surface area contributed by atoms with E-state index in [1.165, 1.54) is 18.2 Å². The van der Waals surface area contributed by atoms with Crippen LogP contribution in [-0.2, 0) is 27.8 Å². The number of anilines is 1. The van der Waals surface area contributed by atoms with E-state index in [2.05, 4.69) is 20.3 Å². The van der Waals surface area contributed by atoms with Crippen LogP contribution in [0.5, 0.6) is 0 Å². The summed E-state index contributed by atoms with van der Waals surface area (Å²) in [6.45, 7) is 1.28. The summed E-state index contributed by atoms with van der Waals surface area (Å²) >= 11 is 0. The number of alkyl halides is 3. The molecule has 1 aromatic carbocycles. The fourth-order valence-corrected chi connectivity index (χ4v) is 4.59. The molecule has 3 heterocycles. The monoisotopic (exact) mass is 539 g/mol. The summed E-state index contributed by atoms with van der Waals surface area (Å²) in [6, 6.07) is 4.42. The second kappa shape index (κ2) is 10.3. The molecule has 1 saturated heterocycles. The summed E-state index contributed by atoms with van der Waals surface area (Å²) in [5.74, 6) is -3.49. The van der Waals surface area contributed by atoms with E-state index in [4.69, 9.17) is 0 Å². The van der Waals surface area contributed by atoms with Gasteiger partial charge in [-0.1, -0.05) is 0 Å². The van der Waals surface area contributed by atoms with Gasteiger partial charge in [0.15, 0.2) is 0 Å². The normalized spacial score (nSPS) is 17.6. The van der Waals surface area contributed by atoms with Gasteiger partial charge in [-0.2, -0.15) is 21.6 Å². The quantitative estimate of drug-likeness (QED) is 0.392. The van der Waals surface area contributed by atoms with Crippen molar-refractivity contribution in [1.29, 1.82) is 0 Å². The first-order chi connectivity index (χ1) is 17.4. The number of carbonyl (C=O) groups excluding carboxylic acids is 1. The molecule has 1 aliphatic rings. The number of halogens is 5. The van der Waals surface area contributed by atoms with Gasteiger partial charge in [0.25, 0.3) is 0 Å². The molecule has 1 N–H and O–H groups in total.